The van der Waals surface area contributed by atoms with Gasteiger partial charge in [-0.15, -0.1) is 0 Å². The third-order valence-electron chi connectivity index (χ3n) is 4.09. The highest BCUT2D eigenvalue weighted by Crippen LogP contribution is 2.29. The molecular weight excluding hydrogens is 248 g/mol. The molecule has 104 valence electrons. The highest BCUT2D eigenvalue weighted by Gasteiger charge is 2.27. The minimum atomic E-state index is -0.0773. The zero-order valence-electron chi connectivity index (χ0n) is 11.9. The van der Waals surface area contributed by atoms with Crippen LogP contribution in [-0.4, -0.2) is 12.6 Å². The van der Waals surface area contributed by atoms with Crippen LogP contribution in [0.4, 0.5) is 0 Å². The van der Waals surface area contributed by atoms with Crippen molar-refractivity contribution in [3.63, 3.8) is 0 Å². The molecule has 1 atom stereocenters. The Morgan fingerprint density at radius 2 is 2.00 bits per heavy atom. The minimum absolute atomic E-state index is 0.0707. The lowest BCUT2D eigenvalue weighted by molar-refractivity contribution is -0.139. The lowest BCUT2D eigenvalue weighted by Crippen LogP contribution is -2.05. The first-order chi connectivity index (χ1) is 9.78. The van der Waals surface area contributed by atoms with E-state index in [4.69, 9.17) is 4.74 Å². The van der Waals surface area contributed by atoms with Gasteiger partial charge in [-0.25, -0.2) is 0 Å². The number of ether oxygens (including phenoxy) is 1. The van der Waals surface area contributed by atoms with Crippen LogP contribution in [-0.2, 0) is 16.0 Å². The van der Waals surface area contributed by atoms with E-state index in [1.807, 2.05) is 0 Å². The van der Waals surface area contributed by atoms with Crippen LogP contribution in [0.3, 0.4) is 0 Å². The fraction of sp³-hybridized carbons (Fsp3) is 0.389. The summed E-state index contributed by atoms with van der Waals surface area (Å²) in [6, 6.07) is 13.0. The number of hydrogen-bond donors (Lipinski definition) is 0. The number of benzene rings is 2. The highest BCUT2D eigenvalue weighted by atomic mass is 16.5. The van der Waals surface area contributed by atoms with Gasteiger partial charge >= 0.3 is 5.97 Å². The monoisotopic (exact) mass is 268 g/mol. The van der Waals surface area contributed by atoms with Crippen LogP contribution in [0.15, 0.2) is 36.4 Å². The maximum Gasteiger partial charge on any atom is 0.313 e. The van der Waals surface area contributed by atoms with Crippen molar-refractivity contribution in [2.24, 2.45) is 0 Å². The quantitative estimate of drug-likeness (QED) is 0.776. The van der Waals surface area contributed by atoms with E-state index >= 15 is 0 Å². The van der Waals surface area contributed by atoms with Gasteiger partial charge in [-0.3, -0.25) is 4.79 Å². The molecule has 1 unspecified atom stereocenters. The van der Waals surface area contributed by atoms with E-state index in [1.54, 1.807) is 0 Å². The second-order valence-electron chi connectivity index (χ2n) is 5.55. The molecule has 0 saturated carbocycles. The topological polar surface area (TPSA) is 26.3 Å². The molecule has 1 aliphatic heterocycles. The summed E-state index contributed by atoms with van der Waals surface area (Å²) in [6.45, 7) is 2.77. The standard InChI is InChI=1S/C18H20O2/c1-2-3-4-13-5-6-14-7-8-15(12-16(14)11-13)17-9-10-20-18(17)19/h5-8,11-12,17H,2-4,9-10H2,1H3. The third-order valence-corrected chi connectivity index (χ3v) is 4.09. The first-order valence-corrected chi connectivity index (χ1v) is 7.47. The first kappa shape index (κ1) is 13.2. The van der Waals surface area contributed by atoms with E-state index in [-0.39, 0.29) is 11.9 Å². The molecule has 0 spiro atoms. The molecule has 2 nitrogen and oxygen atoms in total. The van der Waals surface area contributed by atoms with Gasteiger partial charge < -0.3 is 4.74 Å². The van der Waals surface area contributed by atoms with Crippen molar-refractivity contribution in [2.45, 2.75) is 38.5 Å². The molecule has 1 heterocycles. The summed E-state index contributed by atoms with van der Waals surface area (Å²) in [5.41, 5.74) is 2.47. The number of hydrogen-bond acceptors (Lipinski definition) is 2. The number of fused-ring (bicyclic) bond motifs is 1. The Morgan fingerprint density at radius 1 is 1.15 bits per heavy atom. The Labute approximate surface area is 119 Å². The summed E-state index contributed by atoms with van der Waals surface area (Å²) in [4.78, 5) is 11.7. The van der Waals surface area contributed by atoms with Crippen LogP contribution in [0, 0.1) is 0 Å². The Balaban J connectivity index is 1.93. The van der Waals surface area contributed by atoms with Crippen molar-refractivity contribution < 1.29 is 9.53 Å². The smallest absolute Gasteiger partial charge is 0.313 e. The van der Waals surface area contributed by atoms with E-state index in [2.05, 4.69) is 43.3 Å². The van der Waals surface area contributed by atoms with Crippen molar-refractivity contribution >= 4 is 16.7 Å². The zero-order chi connectivity index (χ0) is 13.9. The van der Waals surface area contributed by atoms with Crippen LogP contribution in [0.5, 0.6) is 0 Å². The number of aryl methyl sites for hydroxylation is 1. The molecule has 2 aromatic rings. The number of rotatable bonds is 4. The third kappa shape index (κ3) is 2.55. The summed E-state index contributed by atoms with van der Waals surface area (Å²) in [6.07, 6.45) is 4.37. The average Bonchev–Trinajstić information content (AvgIpc) is 2.90. The molecule has 20 heavy (non-hydrogen) atoms. The van der Waals surface area contributed by atoms with Crippen molar-refractivity contribution in [3.8, 4) is 0 Å². The van der Waals surface area contributed by atoms with E-state index in [0.717, 1.165) is 18.4 Å². The molecule has 0 aliphatic carbocycles. The highest BCUT2D eigenvalue weighted by molar-refractivity contribution is 5.87. The number of cyclic esters (lactones) is 1. The van der Waals surface area contributed by atoms with Crippen molar-refractivity contribution in [3.05, 3.63) is 47.5 Å². The van der Waals surface area contributed by atoms with Crippen molar-refractivity contribution in [1.29, 1.82) is 0 Å². The SMILES string of the molecule is CCCCc1ccc2ccc(C3CCOC3=O)cc2c1. The van der Waals surface area contributed by atoms with Crippen LogP contribution in [0.25, 0.3) is 10.8 Å². The van der Waals surface area contributed by atoms with E-state index in [0.29, 0.717) is 6.61 Å². The molecule has 0 aromatic heterocycles. The molecule has 0 N–H and O–H groups in total. The fourth-order valence-electron chi connectivity index (χ4n) is 2.87. The summed E-state index contributed by atoms with van der Waals surface area (Å²) in [5.74, 6) is -0.148. The van der Waals surface area contributed by atoms with Gasteiger partial charge in [-0.05, 0) is 41.2 Å². The van der Waals surface area contributed by atoms with Crippen LogP contribution in [0.1, 0.15) is 43.2 Å². The number of carbonyl (C=O) groups is 1. The molecule has 1 aliphatic rings. The molecule has 2 aromatic carbocycles. The average molecular weight is 268 g/mol. The summed E-state index contributed by atoms with van der Waals surface area (Å²) in [7, 11) is 0. The van der Waals surface area contributed by atoms with E-state index in [9.17, 15) is 4.79 Å². The summed E-state index contributed by atoms with van der Waals surface area (Å²) < 4.78 is 5.07. The summed E-state index contributed by atoms with van der Waals surface area (Å²) in [5, 5.41) is 2.47. The maximum absolute atomic E-state index is 11.7. The number of esters is 1. The lowest BCUT2D eigenvalue weighted by atomic mass is 9.94. The molecule has 2 heteroatoms. The Morgan fingerprint density at radius 3 is 2.75 bits per heavy atom. The predicted molar refractivity (Wildman–Crippen MR) is 80.9 cm³/mol. The molecular formula is C18H20O2. The van der Waals surface area contributed by atoms with Crippen LogP contribution in [0.2, 0.25) is 0 Å². The molecule has 1 saturated heterocycles. The van der Waals surface area contributed by atoms with E-state index in [1.165, 1.54) is 29.2 Å². The van der Waals surface area contributed by atoms with Crippen LogP contribution >= 0.6 is 0 Å². The Kier molecular flexibility index (Phi) is 3.72. The van der Waals surface area contributed by atoms with Gasteiger partial charge in [0.25, 0.3) is 0 Å². The van der Waals surface area contributed by atoms with Crippen molar-refractivity contribution in [1.82, 2.24) is 0 Å². The van der Waals surface area contributed by atoms with Gasteiger partial charge in [0.2, 0.25) is 0 Å². The van der Waals surface area contributed by atoms with Gasteiger partial charge in [0.1, 0.15) is 0 Å². The predicted octanol–water partition coefficient (Wildman–Crippen LogP) is 4.21. The maximum atomic E-state index is 11.7. The van der Waals surface area contributed by atoms with Gasteiger partial charge in [0.15, 0.2) is 0 Å². The Bertz CT molecular complexity index is 630. The van der Waals surface area contributed by atoms with Crippen LogP contribution < -0.4 is 0 Å². The second-order valence-corrected chi connectivity index (χ2v) is 5.55. The normalized spacial score (nSPS) is 18.4. The molecule has 3 rings (SSSR count). The molecule has 0 amide bonds. The number of carbonyl (C=O) groups excluding carboxylic acids is 1. The fourth-order valence-corrected chi connectivity index (χ4v) is 2.87. The minimum Gasteiger partial charge on any atom is -0.465 e. The molecule has 1 fully saturated rings. The molecule has 0 radical (unpaired) electrons. The zero-order valence-corrected chi connectivity index (χ0v) is 11.9. The second kappa shape index (κ2) is 5.66. The summed E-state index contributed by atoms with van der Waals surface area (Å²) >= 11 is 0. The largest absolute Gasteiger partial charge is 0.465 e. The number of unbranched alkanes of at least 4 members (excludes halogenated alkanes) is 1. The van der Waals surface area contributed by atoms with Gasteiger partial charge in [0.05, 0.1) is 12.5 Å². The van der Waals surface area contributed by atoms with Gasteiger partial charge in [0, 0.05) is 0 Å². The van der Waals surface area contributed by atoms with Crippen molar-refractivity contribution in [2.75, 3.05) is 6.61 Å². The van der Waals surface area contributed by atoms with Gasteiger partial charge in [-0.2, -0.15) is 0 Å². The van der Waals surface area contributed by atoms with E-state index < -0.39 is 0 Å². The molecule has 0 bridgehead atoms. The first-order valence-electron chi connectivity index (χ1n) is 7.47. The lowest BCUT2D eigenvalue weighted by Gasteiger charge is -2.09. The Hall–Kier alpha value is -1.83. The van der Waals surface area contributed by atoms with Gasteiger partial charge in [-0.1, -0.05) is 49.7 Å².